The van der Waals surface area contributed by atoms with Gasteiger partial charge in [-0.05, 0) is 37.0 Å². The number of benzene rings is 1. The van der Waals surface area contributed by atoms with Crippen LogP contribution in [-0.4, -0.2) is 48.5 Å². The molecule has 27 heavy (non-hydrogen) atoms. The first-order valence-electron chi connectivity index (χ1n) is 9.70. The quantitative estimate of drug-likeness (QED) is 0.540. The van der Waals surface area contributed by atoms with Crippen LogP contribution in [0.4, 0.5) is 4.79 Å². The van der Waals surface area contributed by atoms with Crippen LogP contribution in [0.1, 0.15) is 54.4 Å². The largest absolute Gasteiger partial charge is 0.378 e. The van der Waals surface area contributed by atoms with Crippen molar-refractivity contribution in [3.63, 3.8) is 0 Å². The van der Waals surface area contributed by atoms with Gasteiger partial charge in [0.2, 0.25) is 5.91 Å². The maximum absolute atomic E-state index is 12.2. The van der Waals surface area contributed by atoms with Crippen molar-refractivity contribution >= 4 is 17.8 Å². The number of imide groups is 1. The van der Waals surface area contributed by atoms with E-state index in [9.17, 15) is 14.4 Å². The summed E-state index contributed by atoms with van der Waals surface area (Å²) in [6, 6.07) is 6.57. The van der Waals surface area contributed by atoms with E-state index in [4.69, 9.17) is 4.74 Å². The minimum absolute atomic E-state index is 0.0454. The van der Waals surface area contributed by atoms with Crippen molar-refractivity contribution in [3.8, 4) is 0 Å². The summed E-state index contributed by atoms with van der Waals surface area (Å²) >= 11 is 0. The minimum Gasteiger partial charge on any atom is -0.378 e. The molecule has 1 heterocycles. The molecule has 2 fully saturated rings. The van der Waals surface area contributed by atoms with Gasteiger partial charge in [-0.3, -0.25) is 14.5 Å². The van der Waals surface area contributed by atoms with Crippen molar-refractivity contribution in [1.29, 1.82) is 0 Å². The monoisotopic (exact) mass is 373 g/mol. The van der Waals surface area contributed by atoms with Gasteiger partial charge >= 0.3 is 6.03 Å². The van der Waals surface area contributed by atoms with E-state index in [2.05, 4.69) is 10.6 Å². The van der Waals surface area contributed by atoms with E-state index < -0.39 is 0 Å². The molecular formula is C20H27N3O4. The standard InChI is InChI=1S/C20H27N3O4/c24-18-13-22-20(26)23(18)14-15-7-9-16(10-8-15)19(25)21-11-4-12-27-17-5-2-1-3-6-17/h7-10,17H,1-6,11-14H2,(H,21,25)(H,22,26). The van der Waals surface area contributed by atoms with E-state index in [0.29, 0.717) is 24.8 Å². The van der Waals surface area contributed by atoms with Gasteiger partial charge in [-0.1, -0.05) is 31.4 Å². The Hall–Kier alpha value is -2.41. The molecule has 2 aliphatic rings. The van der Waals surface area contributed by atoms with E-state index >= 15 is 0 Å². The van der Waals surface area contributed by atoms with Crippen LogP contribution in [0.2, 0.25) is 0 Å². The maximum Gasteiger partial charge on any atom is 0.324 e. The average molecular weight is 373 g/mol. The fourth-order valence-electron chi connectivity index (χ4n) is 3.42. The van der Waals surface area contributed by atoms with Crippen LogP contribution in [-0.2, 0) is 16.1 Å². The van der Waals surface area contributed by atoms with Crippen LogP contribution in [0.3, 0.4) is 0 Å². The van der Waals surface area contributed by atoms with E-state index in [-0.39, 0.29) is 30.9 Å². The van der Waals surface area contributed by atoms with Crippen LogP contribution in [0.15, 0.2) is 24.3 Å². The highest BCUT2D eigenvalue weighted by Crippen LogP contribution is 2.20. The predicted molar refractivity (Wildman–Crippen MR) is 100 cm³/mol. The summed E-state index contributed by atoms with van der Waals surface area (Å²) in [6.45, 7) is 1.51. The predicted octanol–water partition coefficient (Wildman–Crippen LogP) is 2.21. The zero-order valence-corrected chi connectivity index (χ0v) is 15.5. The van der Waals surface area contributed by atoms with Crippen LogP contribution in [0.5, 0.6) is 0 Å². The molecule has 4 amide bonds. The molecule has 0 bridgehead atoms. The third kappa shape index (κ3) is 5.53. The summed E-state index contributed by atoms with van der Waals surface area (Å²) in [5.74, 6) is -0.369. The number of nitrogens with zero attached hydrogens (tertiary/aromatic N) is 1. The molecule has 3 rings (SSSR count). The Balaban J connectivity index is 1.37. The highest BCUT2D eigenvalue weighted by Gasteiger charge is 2.28. The molecule has 1 aromatic carbocycles. The van der Waals surface area contributed by atoms with E-state index in [1.807, 2.05) is 0 Å². The Labute approximate surface area is 159 Å². The minimum atomic E-state index is -0.378. The van der Waals surface area contributed by atoms with Crippen LogP contribution < -0.4 is 10.6 Å². The van der Waals surface area contributed by atoms with Gasteiger partial charge in [-0.2, -0.15) is 0 Å². The first kappa shape index (κ1) is 19.4. The van der Waals surface area contributed by atoms with Gasteiger partial charge in [-0.15, -0.1) is 0 Å². The molecule has 1 aliphatic heterocycles. The maximum atomic E-state index is 12.2. The zero-order chi connectivity index (χ0) is 19.1. The number of ether oxygens (including phenoxy) is 1. The number of hydrogen-bond donors (Lipinski definition) is 2. The lowest BCUT2D eigenvalue weighted by molar-refractivity contribution is -0.125. The molecule has 0 spiro atoms. The fourth-order valence-corrected chi connectivity index (χ4v) is 3.42. The molecule has 0 radical (unpaired) electrons. The van der Waals surface area contributed by atoms with Crippen molar-refractivity contribution in [1.82, 2.24) is 15.5 Å². The normalized spacial score (nSPS) is 17.9. The Bertz CT molecular complexity index is 652. The van der Waals surface area contributed by atoms with Crippen molar-refractivity contribution in [2.24, 2.45) is 0 Å². The second-order valence-electron chi connectivity index (χ2n) is 7.08. The summed E-state index contributed by atoms with van der Waals surface area (Å²) < 4.78 is 5.85. The molecule has 1 saturated carbocycles. The van der Waals surface area contributed by atoms with Crippen molar-refractivity contribution in [2.75, 3.05) is 19.7 Å². The number of nitrogens with one attached hydrogen (secondary N) is 2. The molecule has 0 unspecified atom stereocenters. The number of carbonyl (C=O) groups is 3. The first-order valence-corrected chi connectivity index (χ1v) is 9.70. The summed E-state index contributed by atoms with van der Waals surface area (Å²) in [5, 5.41) is 5.38. The van der Waals surface area contributed by atoms with Crippen LogP contribution in [0, 0.1) is 0 Å². The van der Waals surface area contributed by atoms with Crippen molar-refractivity contribution in [3.05, 3.63) is 35.4 Å². The second-order valence-corrected chi connectivity index (χ2v) is 7.08. The summed E-state index contributed by atoms with van der Waals surface area (Å²) in [7, 11) is 0. The molecule has 2 N–H and O–H groups in total. The highest BCUT2D eigenvalue weighted by atomic mass is 16.5. The van der Waals surface area contributed by atoms with E-state index in [1.165, 1.54) is 24.2 Å². The van der Waals surface area contributed by atoms with Crippen LogP contribution >= 0.6 is 0 Å². The number of hydrogen-bond acceptors (Lipinski definition) is 4. The molecule has 1 aliphatic carbocycles. The Morgan fingerprint density at radius 1 is 1.15 bits per heavy atom. The summed E-state index contributed by atoms with van der Waals surface area (Å²) in [6.07, 6.45) is 7.34. The van der Waals surface area contributed by atoms with Gasteiger partial charge < -0.3 is 15.4 Å². The van der Waals surface area contributed by atoms with Crippen molar-refractivity contribution in [2.45, 2.75) is 51.2 Å². The third-order valence-corrected chi connectivity index (χ3v) is 5.01. The highest BCUT2D eigenvalue weighted by molar-refractivity contribution is 6.01. The van der Waals surface area contributed by atoms with Gasteiger partial charge in [0.25, 0.3) is 5.91 Å². The topological polar surface area (TPSA) is 87.7 Å². The average Bonchev–Trinajstić information content (AvgIpc) is 3.01. The Kier molecular flexibility index (Phi) is 6.81. The fraction of sp³-hybridized carbons (Fsp3) is 0.550. The van der Waals surface area contributed by atoms with Gasteiger partial charge in [0, 0.05) is 18.7 Å². The molecular weight excluding hydrogens is 346 g/mol. The lowest BCUT2D eigenvalue weighted by Crippen LogP contribution is -2.30. The summed E-state index contributed by atoms with van der Waals surface area (Å²) in [4.78, 5) is 36.5. The molecule has 7 nitrogen and oxygen atoms in total. The third-order valence-electron chi connectivity index (χ3n) is 5.01. The SMILES string of the molecule is O=C(NCCCOC1CCCCC1)c1ccc(CN2C(=O)CNC2=O)cc1. The molecule has 1 aromatic rings. The number of carbonyl (C=O) groups excluding carboxylic acids is 3. The zero-order valence-electron chi connectivity index (χ0n) is 15.5. The van der Waals surface area contributed by atoms with E-state index in [1.54, 1.807) is 24.3 Å². The number of amides is 4. The summed E-state index contributed by atoms with van der Waals surface area (Å²) in [5.41, 5.74) is 1.36. The Morgan fingerprint density at radius 2 is 1.89 bits per heavy atom. The van der Waals surface area contributed by atoms with E-state index in [0.717, 1.165) is 24.8 Å². The molecule has 146 valence electrons. The van der Waals surface area contributed by atoms with Gasteiger partial charge in [0.05, 0.1) is 19.2 Å². The first-order chi connectivity index (χ1) is 13.1. The molecule has 0 aromatic heterocycles. The van der Waals surface area contributed by atoms with Gasteiger partial charge in [0.15, 0.2) is 0 Å². The van der Waals surface area contributed by atoms with Crippen LogP contribution in [0.25, 0.3) is 0 Å². The number of rotatable bonds is 8. The molecule has 1 saturated heterocycles. The van der Waals surface area contributed by atoms with Gasteiger partial charge in [0.1, 0.15) is 0 Å². The lowest BCUT2D eigenvalue weighted by Gasteiger charge is -2.21. The molecule has 7 heteroatoms. The van der Waals surface area contributed by atoms with Crippen molar-refractivity contribution < 1.29 is 19.1 Å². The number of urea groups is 1. The lowest BCUT2D eigenvalue weighted by atomic mass is 9.98. The molecule has 0 atom stereocenters. The second kappa shape index (κ2) is 9.50. The van der Waals surface area contributed by atoms with Gasteiger partial charge in [-0.25, -0.2) is 4.79 Å². The Morgan fingerprint density at radius 3 is 2.56 bits per heavy atom. The smallest absolute Gasteiger partial charge is 0.324 e.